The van der Waals surface area contributed by atoms with Crippen LogP contribution in [0.3, 0.4) is 0 Å². The lowest BCUT2D eigenvalue weighted by Crippen LogP contribution is -2.44. The van der Waals surface area contributed by atoms with Crippen LogP contribution in [0.15, 0.2) is 59.0 Å². The second-order valence-corrected chi connectivity index (χ2v) is 11.3. The number of likely N-dealkylation sites (tertiary alicyclic amines) is 1. The van der Waals surface area contributed by atoms with Crippen molar-refractivity contribution in [3.8, 4) is 22.5 Å². The molecule has 0 saturated carbocycles. The quantitative estimate of drug-likeness (QED) is 0.210. The number of imide groups is 1. The lowest BCUT2D eigenvalue weighted by Gasteiger charge is -2.25. The molecular formula is C33H30N3O8+. The summed E-state index contributed by atoms with van der Waals surface area (Å²) in [6.45, 7) is 2.18. The van der Waals surface area contributed by atoms with Crippen molar-refractivity contribution in [1.82, 2.24) is 14.5 Å². The molecule has 2 aromatic carbocycles. The van der Waals surface area contributed by atoms with Crippen LogP contribution in [-0.4, -0.2) is 71.4 Å². The van der Waals surface area contributed by atoms with Crippen LogP contribution in [0.4, 0.5) is 0 Å². The number of aryl methyl sites for hydroxylation is 1. The fourth-order valence-corrected chi connectivity index (χ4v) is 5.85. The monoisotopic (exact) mass is 596 g/mol. The third-order valence-corrected chi connectivity index (χ3v) is 8.12. The Labute approximate surface area is 251 Å². The van der Waals surface area contributed by atoms with Crippen molar-refractivity contribution in [3.63, 3.8) is 0 Å². The molecule has 2 aromatic rings. The third-order valence-electron chi connectivity index (χ3n) is 8.12. The van der Waals surface area contributed by atoms with E-state index in [9.17, 15) is 29.1 Å². The van der Waals surface area contributed by atoms with Crippen LogP contribution >= 0.6 is 0 Å². The molecule has 3 amide bonds. The van der Waals surface area contributed by atoms with Crippen molar-refractivity contribution in [2.24, 2.45) is 0 Å². The maximum absolute atomic E-state index is 13.9. The summed E-state index contributed by atoms with van der Waals surface area (Å²) >= 11 is 0. The highest BCUT2D eigenvalue weighted by Gasteiger charge is 2.40. The van der Waals surface area contributed by atoms with Gasteiger partial charge in [-0.3, -0.25) is 14.4 Å². The van der Waals surface area contributed by atoms with Gasteiger partial charge >= 0.3 is 11.9 Å². The Morgan fingerprint density at radius 2 is 1.70 bits per heavy atom. The number of rotatable bonds is 5. The molecule has 44 heavy (non-hydrogen) atoms. The largest absolute Gasteiger partial charge is 0.478 e. The number of carbonyl (C=O) groups is 5. The summed E-state index contributed by atoms with van der Waals surface area (Å²) in [7, 11) is 3.82. The van der Waals surface area contributed by atoms with Gasteiger partial charge in [0.2, 0.25) is 5.36 Å². The molecule has 3 heterocycles. The summed E-state index contributed by atoms with van der Waals surface area (Å²) < 4.78 is 8.23. The molecule has 2 fully saturated rings. The Hall–Kier alpha value is -5.32. The van der Waals surface area contributed by atoms with E-state index in [2.05, 4.69) is 0 Å². The number of carboxylic acid groups (broad SMARTS) is 1. The average molecular weight is 597 g/mol. The van der Waals surface area contributed by atoms with Crippen LogP contribution in [0.1, 0.15) is 52.0 Å². The molecule has 4 aliphatic rings. The van der Waals surface area contributed by atoms with Gasteiger partial charge in [-0.2, -0.15) is 0 Å². The van der Waals surface area contributed by atoms with E-state index in [0.29, 0.717) is 51.3 Å². The first-order valence-corrected chi connectivity index (χ1v) is 14.3. The summed E-state index contributed by atoms with van der Waals surface area (Å²) in [4.78, 5) is 69.8. The van der Waals surface area contributed by atoms with E-state index < -0.39 is 35.7 Å². The first-order valence-electron chi connectivity index (χ1n) is 14.3. The van der Waals surface area contributed by atoms with E-state index in [1.807, 2.05) is 62.0 Å². The molecule has 3 aliphatic heterocycles. The van der Waals surface area contributed by atoms with E-state index >= 15 is 0 Å². The molecule has 0 aromatic heterocycles. The highest BCUT2D eigenvalue weighted by atomic mass is 16.7. The van der Waals surface area contributed by atoms with Crippen molar-refractivity contribution in [1.29, 1.82) is 0 Å². The summed E-state index contributed by atoms with van der Waals surface area (Å²) in [5, 5.41) is 12.3. The van der Waals surface area contributed by atoms with Crippen LogP contribution in [0.2, 0.25) is 0 Å². The van der Waals surface area contributed by atoms with E-state index in [4.69, 9.17) is 9.25 Å². The minimum absolute atomic E-state index is 0.00366. The molecule has 6 rings (SSSR count). The van der Waals surface area contributed by atoms with Gasteiger partial charge in [0, 0.05) is 47.5 Å². The van der Waals surface area contributed by atoms with Gasteiger partial charge in [-0.05, 0) is 61.2 Å². The smallest absolute Gasteiger partial charge is 0.355 e. The number of amides is 3. The molecule has 11 nitrogen and oxygen atoms in total. The number of hydroxylamine groups is 2. The summed E-state index contributed by atoms with van der Waals surface area (Å²) in [5.74, 6) is -3.19. The number of fused-ring (bicyclic) bond motifs is 2. The predicted molar refractivity (Wildman–Crippen MR) is 158 cm³/mol. The maximum atomic E-state index is 13.9. The predicted octanol–water partition coefficient (Wildman–Crippen LogP) is 3.45. The number of benzene rings is 3. The number of hydrogen-bond donors (Lipinski definition) is 1. The minimum atomic E-state index is -1.17. The molecule has 1 atom stereocenters. The van der Waals surface area contributed by atoms with Gasteiger partial charge in [-0.25, -0.2) is 14.2 Å². The van der Waals surface area contributed by atoms with Crippen molar-refractivity contribution >= 4 is 40.6 Å². The van der Waals surface area contributed by atoms with Crippen LogP contribution < -0.4 is 9.93 Å². The molecule has 1 N–H and O–H groups in total. The number of nitrogens with zero attached hydrogens (tertiary/aromatic N) is 3. The lowest BCUT2D eigenvalue weighted by molar-refractivity contribution is -0.200. The van der Waals surface area contributed by atoms with Crippen LogP contribution in [0, 0.1) is 6.92 Å². The Kier molecular flexibility index (Phi) is 7.24. The van der Waals surface area contributed by atoms with Gasteiger partial charge in [0.25, 0.3) is 17.7 Å². The van der Waals surface area contributed by atoms with Gasteiger partial charge in [-0.1, -0.05) is 12.1 Å². The molecule has 0 bridgehead atoms. The van der Waals surface area contributed by atoms with Gasteiger partial charge in [-0.15, -0.1) is 5.06 Å². The SMILES string of the molecule is Cc1ccc2c(-c3cc(C(=O)N4CCCC4C(=O)ON4C(=O)CCC4=O)ccc3C(=O)O)c3ccc(=[N+](C)C)cc-3oc2c1. The number of hydrogen-bond acceptors (Lipinski definition) is 7. The molecular weight excluding hydrogens is 566 g/mol. The van der Waals surface area contributed by atoms with Gasteiger partial charge < -0.3 is 19.3 Å². The molecule has 1 unspecified atom stereocenters. The van der Waals surface area contributed by atoms with Crippen molar-refractivity contribution in [3.05, 3.63) is 76.6 Å². The van der Waals surface area contributed by atoms with E-state index in [1.165, 1.54) is 23.1 Å². The first-order chi connectivity index (χ1) is 21.0. The highest BCUT2D eigenvalue weighted by Crippen LogP contribution is 2.42. The molecule has 2 saturated heterocycles. The molecule has 0 spiro atoms. The number of aromatic carboxylic acids is 1. The van der Waals surface area contributed by atoms with E-state index in [-0.39, 0.29) is 30.5 Å². The van der Waals surface area contributed by atoms with Gasteiger partial charge in [0.15, 0.2) is 0 Å². The first kappa shape index (κ1) is 28.8. The Morgan fingerprint density at radius 3 is 2.41 bits per heavy atom. The number of carbonyl (C=O) groups excluding carboxylic acids is 4. The van der Waals surface area contributed by atoms with Crippen LogP contribution in [-0.2, 0) is 19.2 Å². The molecule has 224 valence electrons. The lowest BCUT2D eigenvalue weighted by atomic mass is 9.89. The van der Waals surface area contributed by atoms with Gasteiger partial charge in [0.05, 0.1) is 11.6 Å². The van der Waals surface area contributed by atoms with E-state index in [1.54, 1.807) is 0 Å². The fraction of sp³-hybridized carbons (Fsp3) is 0.273. The normalized spacial score (nSPS) is 16.7. The molecule has 0 radical (unpaired) electrons. The Morgan fingerprint density at radius 1 is 0.955 bits per heavy atom. The Bertz CT molecular complexity index is 1920. The third kappa shape index (κ3) is 5.00. The topological polar surface area (TPSA) is 137 Å². The zero-order chi connectivity index (χ0) is 31.3. The second-order valence-electron chi connectivity index (χ2n) is 11.3. The van der Waals surface area contributed by atoms with Crippen molar-refractivity contribution < 1.29 is 38.3 Å². The molecule has 1 aliphatic carbocycles. The Balaban J connectivity index is 1.46. The second kappa shape index (κ2) is 11.1. The zero-order valence-corrected chi connectivity index (χ0v) is 24.5. The van der Waals surface area contributed by atoms with Crippen LogP contribution in [0.25, 0.3) is 33.4 Å². The van der Waals surface area contributed by atoms with Gasteiger partial charge in [0.1, 0.15) is 31.5 Å². The van der Waals surface area contributed by atoms with Crippen LogP contribution in [0.5, 0.6) is 0 Å². The average Bonchev–Trinajstić information content (AvgIpc) is 3.61. The number of carboxylic acids is 1. The van der Waals surface area contributed by atoms with Crippen molar-refractivity contribution in [2.45, 2.75) is 38.6 Å². The molecule has 11 heteroatoms. The standard InChI is InChI=1S/C33H29N3O8/c1-18-6-9-22-26(15-18)43-27-17-20(34(2)3)8-11-23(27)30(22)24-16-19(7-10-21(24)32(40)41)31(39)35-14-4-5-25(35)33(42)44-36-28(37)12-13-29(36)38/h6-11,15-17,25H,4-5,12-14H2,1-3H3/p+1. The highest BCUT2D eigenvalue weighted by molar-refractivity contribution is 6.09. The summed E-state index contributed by atoms with van der Waals surface area (Å²) in [6.07, 6.45) is 0.731. The van der Waals surface area contributed by atoms with Crippen molar-refractivity contribution in [2.75, 3.05) is 20.6 Å². The summed E-state index contributed by atoms with van der Waals surface area (Å²) in [5.41, 5.74) is 3.28. The zero-order valence-electron chi connectivity index (χ0n) is 24.5. The van der Waals surface area contributed by atoms with E-state index in [0.717, 1.165) is 10.9 Å². The maximum Gasteiger partial charge on any atom is 0.355 e. The fourth-order valence-electron chi connectivity index (χ4n) is 5.85. The summed E-state index contributed by atoms with van der Waals surface area (Å²) in [6, 6.07) is 14.7. The minimum Gasteiger partial charge on any atom is -0.478 e.